The summed E-state index contributed by atoms with van der Waals surface area (Å²) in [7, 11) is 0. The van der Waals surface area contributed by atoms with Crippen molar-refractivity contribution in [1.29, 1.82) is 0 Å². The van der Waals surface area contributed by atoms with Crippen molar-refractivity contribution in [2.24, 2.45) is 5.41 Å². The lowest BCUT2D eigenvalue weighted by Gasteiger charge is -2.31. The van der Waals surface area contributed by atoms with Crippen molar-refractivity contribution < 1.29 is 15.0 Å². The Morgan fingerprint density at radius 3 is 2.58 bits per heavy atom. The Hall–Kier alpha value is -1.25. The molecule has 0 saturated carbocycles. The molecular weight excluding hydrogens is 240 g/mol. The van der Waals surface area contributed by atoms with Gasteiger partial charge in [-0.2, -0.15) is 0 Å². The second kappa shape index (κ2) is 6.78. The van der Waals surface area contributed by atoms with Crippen LogP contribution in [0.2, 0.25) is 0 Å². The van der Waals surface area contributed by atoms with Gasteiger partial charge in [-0.25, -0.2) is 4.79 Å². The lowest BCUT2D eigenvalue weighted by molar-refractivity contribution is -0.132. The van der Waals surface area contributed by atoms with Gasteiger partial charge in [0.05, 0.1) is 5.57 Å². The smallest absolute Gasteiger partial charge is 0.339 e. The maximum absolute atomic E-state index is 11.1. The number of carboxylic acids is 1. The SMILES string of the molecule is CCCCCCC(C)(C)C1=C(O)C(C(=O)O)=CCC1. The van der Waals surface area contributed by atoms with Gasteiger partial charge >= 0.3 is 5.97 Å². The number of aliphatic hydroxyl groups is 1. The monoisotopic (exact) mass is 266 g/mol. The quantitative estimate of drug-likeness (QED) is 0.662. The largest absolute Gasteiger partial charge is 0.507 e. The third-order valence-electron chi connectivity index (χ3n) is 3.99. The summed E-state index contributed by atoms with van der Waals surface area (Å²) in [5.41, 5.74) is 0.860. The number of aliphatic hydroxyl groups excluding tert-OH is 1. The van der Waals surface area contributed by atoms with E-state index in [9.17, 15) is 9.90 Å². The van der Waals surface area contributed by atoms with E-state index in [1.807, 2.05) is 0 Å². The second-order valence-corrected chi connectivity index (χ2v) is 5.98. The van der Waals surface area contributed by atoms with E-state index in [2.05, 4.69) is 20.8 Å². The minimum Gasteiger partial charge on any atom is -0.507 e. The Balaban J connectivity index is 2.78. The van der Waals surface area contributed by atoms with E-state index in [1.165, 1.54) is 19.3 Å². The molecule has 108 valence electrons. The van der Waals surface area contributed by atoms with Crippen LogP contribution in [0.5, 0.6) is 0 Å². The minimum absolute atomic E-state index is 0.000702. The molecule has 0 radical (unpaired) electrons. The molecule has 3 nitrogen and oxygen atoms in total. The molecule has 2 N–H and O–H groups in total. The summed E-state index contributed by atoms with van der Waals surface area (Å²) in [5, 5.41) is 19.2. The van der Waals surface area contributed by atoms with Crippen LogP contribution >= 0.6 is 0 Å². The lowest BCUT2D eigenvalue weighted by Crippen LogP contribution is -2.21. The number of rotatable bonds is 7. The van der Waals surface area contributed by atoms with Gasteiger partial charge in [0.2, 0.25) is 0 Å². The molecule has 0 heterocycles. The van der Waals surface area contributed by atoms with Gasteiger partial charge in [-0.05, 0) is 30.3 Å². The fraction of sp³-hybridized carbons (Fsp3) is 0.688. The highest BCUT2D eigenvalue weighted by atomic mass is 16.4. The zero-order valence-electron chi connectivity index (χ0n) is 12.3. The van der Waals surface area contributed by atoms with Crippen molar-refractivity contribution in [3.05, 3.63) is 23.0 Å². The van der Waals surface area contributed by atoms with Crippen LogP contribution < -0.4 is 0 Å². The zero-order chi connectivity index (χ0) is 14.5. The Kier molecular flexibility index (Phi) is 5.64. The number of hydrogen-bond donors (Lipinski definition) is 2. The van der Waals surface area contributed by atoms with Crippen LogP contribution in [0.3, 0.4) is 0 Å². The van der Waals surface area contributed by atoms with Crippen molar-refractivity contribution >= 4 is 5.97 Å². The molecule has 0 aromatic heterocycles. The average molecular weight is 266 g/mol. The fourth-order valence-electron chi connectivity index (χ4n) is 2.73. The number of carboxylic acid groups (broad SMARTS) is 1. The fourth-order valence-corrected chi connectivity index (χ4v) is 2.73. The molecule has 0 atom stereocenters. The maximum atomic E-state index is 11.1. The first-order valence-electron chi connectivity index (χ1n) is 7.26. The Morgan fingerprint density at radius 2 is 2.00 bits per heavy atom. The van der Waals surface area contributed by atoms with Gasteiger partial charge in [0.25, 0.3) is 0 Å². The van der Waals surface area contributed by atoms with E-state index in [4.69, 9.17) is 5.11 Å². The molecule has 0 aromatic rings. The Labute approximate surface area is 116 Å². The van der Waals surface area contributed by atoms with Gasteiger partial charge in [-0.15, -0.1) is 0 Å². The van der Waals surface area contributed by atoms with Crippen molar-refractivity contribution in [1.82, 2.24) is 0 Å². The number of hydrogen-bond acceptors (Lipinski definition) is 2. The summed E-state index contributed by atoms with van der Waals surface area (Å²) in [4.78, 5) is 11.1. The van der Waals surface area contributed by atoms with E-state index in [0.29, 0.717) is 6.42 Å². The van der Waals surface area contributed by atoms with E-state index < -0.39 is 5.97 Å². The minimum atomic E-state index is -1.03. The van der Waals surface area contributed by atoms with Gasteiger partial charge in [-0.1, -0.05) is 52.5 Å². The van der Waals surface area contributed by atoms with Gasteiger partial charge < -0.3 is 10.2 Å². The highest BCUT2D eigenvalue weighted by Gasteiger charge is 2.30. The summed E-state index contributed by atoms with van der Waals surface area (Å²) in [6.45, 7) is 6.40. The third kappa shape index (κ3) is 4.12. The van der Waals surface area contributed by atoms with Crippen LogP contribution in [0, 0.1) is 5.41 Å². The van der Waals surface area contributed by atoms with E-state index >= 15 is 0 Å². The summed E-state index contributed by atoms with van der Waals surface area (Å²) in [6, 6.07) is 0. The predicted octanol–water partition coefficient (Wildman–Crippen LogP) is 4.60. The first-order valence-corrected chi connectivity index (χ1v) is 7.26. The first kappa shape index (κ1) is 15.8. The first-order chi connectivity index (χ1) is 8.90. The van der Waals surface area contributed by atoms with Crippen LogP contribution in [0.25, 0.3) is 0 Å². The van der Waals surface area contributed by atoms with Crippen LogP contribution in [0.1, 0.15) is 65.7 Å². The van der Waals surface area contributed by atoms with Gasteiger partial charge in [-0.3, -0.25) is 0 Å². The molecule has 19 heavy (non-hydrogen) atoms. The van der Waals surface area contributed by atoms with Gasteiger partial charge in [0, 0.05) is 0 Å². The zero-order valence-corrected chi connectivity index (χ0v) is 12.3. The number of unbranched alkanes of at least 4 members (excludes halogenated alkanes) is 3. The molecule has 1 rings (SSSR count). The van der Waals surface area contributed by atoms with E-state index in [0.717, 1.165) is 24.8 Å². The van der Waals surface area contributed by atoms with Crippen molar-refractivity contribution in [3.63, 3.8) is 0 Å². The maximum Gasteiger partial charge on any atom is 0.339 e. The molecule has 0 amide bonds. The highest BCUT2D eigenvalue weighted by molar-refractivity contribution is 5.91. The van der Waals surface area contributed by atoms with Crippen LogP contribution in [-0.2, 0) is 4.79 Å². The van der Waals surface area contributed by atoms with E-state index in [-0.39, 0.29) is 16.7 Å². The van der Waals surface area contributed by atoms with Crippen molar-refractivity contribution in [2.75, 3.05) is 0 Å². The summed E-state index contributed by atoms with van der Waals surface area (Å²) >= 11 is 0. The number of carbonyl (C=O) groups is 1. The molecule has 0 aromatic carbocycles. The molecule has 3 heteroatoms. The molecule has 0 saturated heterocycles. The second-order valence-electron chi connectivity index (χ2n) is 5.98. The topological polar surface area (TPSA) is 57.5 Å². The standard InChI is InChI=1S/C16H26O3/c1-4-5-6-7-11-16(2,3)13-10-8-9-12(14(13)17)15(18)19/h9,17H,4-8,10-11H2,1-3H3,(H,18,19). The van der Waals surface area contributed by atoms with Crippen LogP contribution in [0.15, 0.2) is 23.0 Å². The highest BCUT2D eigenvalue weighted by Crippen LogP contribution is 2.40. The number of allylic oxidation sites excluding steroid dienone is 2. The number of aliphatic carboxylic acids is 1. The van der Waals surface area contributed by atoms with Crippen molar-refractivity contribution in [2.45, 2.75) is 65.7 Å². The Bertz CT molecular complexity index is 389. The van der Waals surface area contributed by atoms with Crippen LogP contribution in [0.4, 0.5) is 0 Å². The molecule has 0 unspecified atom stereocenters. The summed E-state index contributed by atoms with van der Waals surface area (Å²) in [6.07, 6.45) is 8.87. The van der Waals surface area contributed by atoms with E-state index in [1.54, 1.807) is 6.08 Å². The molecule has 1 aliphatic carbocycles. The molecule has 0 bridgehead atoms. The average Bonchev–Trinajstić information content (AvgIpc) is 2.34. The molecule has 0 spiro atoms. The lowest BCUT2D eigenvalue weighted by atomic mass is 9.74. The summed E-state index contributed by atoms with van der Waals surface area (Å²) < 4.78 is 0. The molecule has 1 aliphatic rings. The van der Waals surface area contributed by atoms with Crippen LogP contribution in [-0.4, -0.2) is 16.2 Å². The Morgan fingerprint density at radius 1 is 1.32 bits per heavy atom. The van der Waals surface area contributed by atoms with Gasteiger partial charge in [0.15, 0.2) is 0 Å². The molecule has 0 aliphatic heterocycles. The molecule has 0 fully saturated rings. The summed E-state index contributed by atoms with van der Waals surface area (Å²) in [5.74, 6) is -1.03. The predicted molar refractivity (Wildman–Crippen MR) is 77.1 cm³/mol. The normalized spacial score (nSPS) is 16.5. The van der Waals surface area contributed by atoms with Crippen molar-refractivity contribution in [3.8, 4) is 0 Å². The van der Waals surface area contributed by atoms with Gasteiger partial charge in [0.1, 0.15) is 5.76 Å². The third-order valence-corrected chi connectivity index (χ3v) is 3.99. The molecular formula is C16H26O3.